The van der Waals surface area contributed by atoms with Crippen LogP contribution in [0.15, 0.2) is 97.3 Å². The van der Waals surface area contributed by atoms with Gasteiger partial charge in [-0.3, -0.25) is 4.79 Å². The second-order valence-electron chi connectivity index (χ2n) is 8.28. The van der Waals surface area contributed by atoms with E-state index in [2.05, 4.69) is 24.4 Å². The third-order valence-electron chi connectivity index (χ3n) is 5.98. The standard InChI is InChI=1S/C28H21N3O2/c1-18-13-14-31-17-23(30-26(31)15-18)19-7-6-8-20(16-19)29-28(32)27-21-9-2-4-11-24(21)33-25-12-5-3-10-22(25)27/h2-17,27H,1H3,(H,29,32). The zero-order chi connectivity index (χ0) is 22.4. The van der Waals surface area contributed by atoms with E-state index in [0.29, 0.717) is 11.5 Å². The Morgan fingerprint density at radius 2 is 1.64 bits per heavy atom. The molecule has 160 valence electrons. The predicted molar refractivity (Wildman–Crippen MR) is 129 cm³/mol. The van der Waals surface area contributed by atoms with Crippen molar-refractivity contribution in [3.63, 3.8) is 0 Å². The molecule has 0 unspecified atom stereocenters. The first-order valence-corrected chi connectivity index (χ1v) is 10.9. The maximum Gasteiger partial charge on any atom is 0.236 e. The van der Waals surface area contributed by atoms with Crippen molar-refractivity contribution in [1.29, 1.82) is 0 Å². The van der Waals surface area contributed by atoms with E-state index in [1.807, 2.05) is 89.6 Å². The Morgan fingerprint density at radius 3 is 2.39 bits per heavy atom. The van der Waals surface area contributed by atoms with Gasteiger partial charge < -0.3 is 14.5 Å². The lowest BCUT2D eigenvalue weighted by molar-refractivity contribution is -0.116. The molecule has 2 aromatic heterocycles. The van der Waals surface area contributed by atoms with Crippen LogP contribution in [0.5, 0.6) is 11.5 Å². The van der Waals surface area contributed by atoms with Gasteiger partial charge in [-0.15, -0.1) is 0 Å². The van der Waals surface area contributed by atoms with Gasteiger partial charge >= 0.3 is 0 Å². The van der Waals surface area contributed by atoms with Crippen molar-refractivity contribution < 1.29 is 9.53 Å². The molecular weight excluding hydrogens is 410 g/mol. The number of hydrogen-bond acceptors (Lipinski definition) is 3. The number of rotatable bonds is 3. The number of imidazole rings is 1. The van der Waals surface area contributed by atoms with Crippen LogP contribution in [0.2, 0.25) is 0 Å². The number of ether oxygens (including phenoxy) is 1. The third kappa shape index (κ3) is 3.44. The van der Waals surface area contributed by atoms with Crippen molar-refractivity contribution in [2.45, 2.75) is 12.8 Å². The van der Waals surface area contributed by atoms with Gasteiger partial charge in [0.25, 0.3) is 0 Å². The van der Waals surface area contributed by atoms with E-state index in [4.69, 9.17) is 9.72 Å². The summed E-state index contributed by atoms with van der Waals surface area (Å²) in [6.07, 6.45) is 4.01. The summed E-state index contributed by atoms with van der Waals surface area (Å²) in [5, 5.41) is 3.12. The maximum atomic E-state index is 13.5. The van der Waals surface area contributed by atoms with Gasteiger partial charge in [-0.1, -0.05) is 48.5 Å². The molecule has 0 bridgehead atoms. The first-order valence-electron chi connectivity index (χ1n) is 10.9. The number of hydrogen-bond donors (Lipinski definition) is 1. The molecule has 6 rings (SSSR count). The molecule has 5 aromatic rings. The number of nitrogens with one attached hydrogen (secondary N) is 1. The van der Waals surface area contributed by atoms with Crippen LogP contribution >= 0.6 is 0 Å². The average Bonchev–Trinajstić information content (AvgIpc) is 3.26. The van der Waals surface area contributed by atoms with Crippen LogP contribution in [0.4, 0.5) is 5.69 Å². The number of pyridine rings is 1. The molecule has 0 radical (unpaired) electrons. The molecule has 3 aromatic carbocycles. The molecule has 0 saturated heterocycles. The SMILES string of the molecule is Cc1ccn2cc(-c3cccc(NC(=O)C4c5ccccc5Oc5ccccc54)c3)nc2c1. The Kier molecular flexibility index (Phi) is 4.47. The summed E-state index contributed by atoms with van der Waals surface area (Å²) in [6, 6.07) is 27.3. The number of para-hydroxylation sites is 2. The zero-order valence-electron chi connectivity index (χ0n) is 18.0. The highest BCUT2D eigenvalue weighted by molar-refractivity contribution is 6.00. The van der Waals surface area contributed by atoms with E-state index in [9.17, 15) is 4.79 Å². The number of anilines is 1. The number of aryl methyl sites for hydroxylation is 1. The summed E-state index contributed by atoms with van der Waals surface area (Å²) < 4.78 is 8.04. The molecular formula is C28H21N3O2. The molecule has 1 amide bonds. The van der Waals surface area contributed by atoms with E-state index in [0.717, 1.165) is 39.3 Å². The third-order valence-corrected chi connectivity index (χ3v) is 5.98. The fourth-order valence-electron chi connectivity index (χ4n) is 4.39. The van der Waals surface area contributed by atoms with Crippen molar-refractivity contribution in [1.82, 2.24) is 9.38 Å². The minimum atomic E-state index is -0.451. The Hall–Kier alpha value is -4.38. The molecule has 0 atom stereocenters. The van der Waals surface area contributed by atoms with Crippen molar-refractivity contribution in [2.75, 3.05) is 5.32 Å². The van der Waals surface area contributed by atoms with Crippen molar-refractivity contribution >= 4 is 17.2 Å². The molecule has 1 aliphatic heterocycles. The van der Waals surface area contributed by atoms with Crippen molar-refractivity contribution in [3.8, 4) is 22.8 Å². The van der Waals surface area contributed by atoms with Crippen LogP contribution in [-0.4, -0.2) is 15.3 Å². The van der Waals surface area contributed by atoms with Crippen LogP contribution in [0, 0.1) is 6.92 Å². The number of nitrogens with zero attached hydrogens (tertiary/aromatic N) is 2. The fourth-order valence-corrected chi connectivity index (χ4v) is 4.39. The summed E-state index contributed by atoms with van der Waals surface area (Å²) in [5.41, 5.74) is 6.32. The lowest BCUT2D eigenvalue weighted by atomic mass is 9.87. The summed E-state index contributed by atoms with van der Waals surface area (Å²) >= 11 is 0. The van der Waals surface area contributed by atoms with Gasteiger partial charge in [-0.25, -0.2) is 4.98 Å². The average molecular weight is 431 g/mol. The first kappa shape index (κ1) is 19.3. The van der Waals surface area contributed by atoms with Crippen LogP contribution in [0.3, 0.4) is 0 Å². The van der Waals surface area contributed by atoms with E-state index in [1.165, 1.54) is 0 Å². The molecule has 33 heavy (non-hydrogen) atoms. The molecule has 0 spiro atoms. The number of fused-ring (bicyclic) bond motifs is 3. The maximum absolute atomic E-state index is 13.5. The smallest absolute Gasteiger partial charge is 0.236 e. The number of carbonyl (C=O) groups excluding carboxylic acids is 1. The van der Waals surface area contributed by atoms with Crippen LogP contribution in [0.25, 0.3) is 16.9 Å². The zero-order valence-corrected chi connectivity index (χ0v) is 18.0. The number of benzene rings is 3. The van der Waals surface area contributed by atoms with E-state index >= 15 is 0 Å². The number of aromatic nitrogens is 2. The Bertz CT molecular complexity index is 1470. The van der Waals surface area contributed by atoms with Gasteiger partial charge in [0.05, 0.1) is 11.6 Å². The molecule has 0 saturated carbocycles. The number of amides is 1. The molecule has 0 aliphatic carbocycles. The van der Waals surface area contributed by atoms with E-state index in [1.54, 1.807) is 0 Å². The highest BCUT2D eigenvalue weighted by atomic mass is 16.5. The van der Waals surface area contributed by atoms with Gasteiger partial charge in [-0.05, 0) is 48.9 Å². The quantitative estimate of drug-likeness (QED) is 0.371. The summed E-state index contributed by atoms with van der Waals surface area (Å²) in [6.45, 7) is 2.05. The largest absolute Gasteiger partial charge is 0.457 e. The van der Waals surface area contributed by atoms with Crippen molar-refractivity contribution in [3.05, 3.63) is 114 Å². The van der Waals surface area contributed by atoms with Gasteiger partial charge in [0.1, 0.15) is 17.1 Å². The van der Waals surface area contributed by atoms with Gasteiger partial charge in [0.15, 0.2) is 0 Å². The highest BCUT2D eigenvalue weighted by Crippen LogP contribution is 2.44. The van der Waals surface area contributed by atoms with Crippen molar-refractivity contribution in [2.24, 2.45) is 0 Å². The van der Waals surface area contributed by atoms with Crippen LogP contribution < -0.4 is 10.1 Å². The Labute approximate surface area is 191 Å². The lowest BCUT2D eigenvalue weighted by Gasteiger charge is -2.27. The molecule has 1 N–H and O–H groups in total. The molecule has 3 heterocycles. The number of carbonyl (C=O) groups is 1. The second kappa shape index (κ2) is 7.64. The topological polar surface area (TPSA) is 55.6 Å². The van der Waals surface area contributed by atoms with E-state index < -0.39 is 5.92 Å². The molecule has 1 aliphatic rings. The molecule has 0 fully saturated rings. The summed E-state index contributed by atoms with van der Waals surface area (Å²) in [7, 11) is 0. The first-order chi connectivity index (χ1) is 16.2. The minimum Gasteiger partial charge on any atom is -0.457 e. The Morgan fingerprint density at radius 1 is 0.909 bits per heavy atom. The fraction of sp³-hybridized carbons (Fsp3) is 0.0714. The van der Waals surface area contributed by atoms with Crippen LogP contribution in [0.1, 0.15) is 22.6 Å². The predicted octanol–water partition coefficient (Wildman–Crippen LogP) is 6.19. The highest BCUT2D eigenvalue weighted by Gasteiger charge is 2.32. The molecule has 5 heteroatoms. The van der Waals surface area contributed by atoms with Crippen LogP contribution in [-0.2, 0) is 4.79 Å². The monoisotopic (exact) mass is 431 g/mol. The lowest BCUT2D eigenvalue weighted by Crippen LogP contribution is -2.25. The molecule has 5 nitrogen and oxygen atoms in total. The summed E-state index contributed by atoms with van der Waals surface area (Å²) in [4.78, 5) is 18.3. The van der Waals surface area contributed by atoms with Gasteiger partial charge in [-0.2, -0.15) is 0 Å². The normalized spacial score (nSPS) is 12.6. The van der Waals surface area contributed by atoms with Gasteiger partial charge in [0.2, 0.25) is 5.91 Å². The van der Waals surface area contributed by atoms with E-state index in [-0.39, 0.29) is 5.91 Å². The van der Waals surface area contributed by atoms with Gasteiger partial charge in [0, 0.05) is 34.8 Å². The minimum absolute atomic E-state index is 0.0963. The summed E-state index contributed by atoms with van der Waals surface area (Å²) in [5.74, 6) is 0.879. The Balaban J connectivity index is 1.34. The second-order valence-corrected chi connectivity index (χ2v) is 8.28.